The molecule has 27 heavy (non-hydrogen) atoms. The smallest absolute Gasteiger partial charge is 0.211 e. The van der Waals surface area contributed by atoms with E-state index < -0.39 is 10.0 Å². The van der Waals surface area contributed by atoms with E-state index in [1.165, 1.54) is 12.1 Å². The van der Waals surface area contributed by atoms with Crippen molar-refractivity contribution in [3.05, 3.63) is 71.7 Å². The van der Waals surface area contributed by atoms with Crippen LogP contribution in [0.1, 0.15) is 30.4 Å². The number of aromatic amines is 1. The zero-order chi connectivity index (χ0) is 18.9. The first-order chi connectivity index (χ1) is 13.0. The highest BCUT2D eigenvalue weighted by atomic mass is 32.2. The van der Waals surface area contributed by atoms with E-state index in [1.807, 2.05) is 36.5 Å². The first-order valence-electron chi connectivity index (χ1n) is 9.26. The molecule has 1 saturated carbocycles. The zero-order valence-electron chi connectivity index (χ0n) is 15.0. The molecular weight excluding hydrogens is 363 g/mol. The minimum Gasteiger partial charge on any atom is -0.361 e. The topological polar surface area (TPSA) is 62.0 Å². The van der Waals surface area contributed by atoms with Gasteiger partial charge in [-0.2, -0.15) is 0 Å². The number of hydrogen-bond donors (Lipinski definition) is 2. The minimum atomic E-state index is -3.32. The summed E-state index contributed by atoms with van der Waals surface area (Å²) in [7, 11) is -3.32. The molecule has 1 heterocycles. The molecule has 142 valence electrons. The van der Waals surface area contributed by atoms with E-state index in [4.69, 9.17) is 0 Å². The van der Waals surface area contributed by atoms with Gasteiger partial charge in [0.2, 0.25) is 10.0 Å². The number of H-pyrrole nitrogens is 1. The molecular formula is C21H23FN2O2S. The van der Waals surface area contributed by atoms with Crippen LogP contribution < -0.4 is 4.72 Å². The summed E-state index contributed by atoms with van der Waals surface area (Å²) in [6.07, 6.45) is 5.11. The van der Waals surface area contributed by atoms with Crippen LogP contribution in [0.4, 0.5) is 4.39 Å². The Morgan fingerprint density at radius 3 is 2.63 bits per heavy atom. The lowest BCUT2D eigenvalue weighted by Crippen LogP contribution is -2.34. The summed E-state index contributed by atoms with van der Waals surface area (Å²) in [5.74, 6) is -0.156. The van der Waals surface area contributed by atoms with E-state index >= 15 is 0 Å². The summed E-state index contributed by atoms with van der Waals surface area (Å²) in [6.45, 7) is 0.394. The summed E-state index contributed by atoms with van der Waals surface area (Å²) in [5.41, 5.74) is 2.80. The van der Waals surface area contributed by atoms with Crippen molar-refractivity contribution in [3.63, 3.8) is 0 Å². The van der Waals surface area contributed by atoms with Crippen molar-refractivity contribution in [1.82, 2.24) is 9.71 Å². The van der Waals surface area contributed by atoms with Gasteiger partial charge in [-0.25, -0.2) is 17.5 Å². The lowest BCUT2D eigenvalue weighted by Gasteiger charge is -2.16. The van der Waals surface area contributed by atoms with Crippen LogP contribution in [0.15, 0.2) is 54.7 Å². The average molecular weight is 386 g/mol. The number of hydrogen-bond acceptors (Lipinski definition) is 2. The maximum absolute atomic E-state index is 13.4. The number of fused-ring (bicyclic) bond motifs is 1. The molecule has 4 rings (SSSR count). The van der Waals surface area contributed by atoms with Crippen molar-refractivity contribution < 1.29 is 12.8 Å². The molecule has 4 nitrogen and oxygen atoms in total. The van der Waals surface area contributed by atoms with E-state index in [0.29, 0.717) is 13.0 Å². The van der Waals surface area contributed by atoms with Gasteiger partial charge in [-0.3, -0.25) is 0 Å². The predicted molar refractivity (Wildman–Crippen MR) is 106 cm³/mol. The summed E-state index contributed by atoms with van der Waals surface area (Å²) in [6, 6.07) is 14.6. The van der Waals surface area contributed by atoms with E-state index in [9.17, 15) is 12.8 Å². The van der Waals surface area contributed by atoms with Crippen molar-refractivity contribution in [1.29, 1.82) is 0 Å². The maximum atomic E-state index is 13.4. The fourth-order valence-corrected chi connectivity index (χ4v) is 4.83. The van der Waals surface area contributed by atoms with Gasteiger partial charge in [0.25, 0.3) is 0 Å². The summed E-state index contributed by atoms with van der Waals surface area (Å²) in [5, 5.41) is 0.970. The van der Waals surface area contributed by atoms with Gasteiger partial charge in [-0.15, -0.1) is 0 Å². The van der Waals surface area contributed by atoms with Gasteiger partial charge in [-0.1, -0.05) is 30.3 Å². The molecule has 0 atom stereocenters. The summed E-state index contributed by atoms with van der Waals surface area (Å²) >= 11 is 0. The SMILES string of the molecule is O=S(=O)(CCCc1ccccc1)NCC1(c2c[nH]c3cc(F)ccc23)CC1. The Bertz CT molecular complexity index is 1040. The molecule has 1 aromatic heterocycles. The number of halogens is 1. The van der Waals surface area contributed by atoms with Crippen molar-refractivity contribution in [2.45, 2.75) is 31.1 Å². The Morgan fingerprint density at radius 2 is 1.89 bits per heavy atom. The molecule has 6 heteroatoms. The second kappa shape index (κ2) is 7.09. The molecule has 0 bridgehead atoms. The summed E-state index contributed by atoms with van der Waals surface area (Å²) in [4.78, 5) is 3.11. The molecule has 0 spiro atoms. The Balaban J connectivity index is 1.38. The molecule has 2 N–H and O–H groups in total. The van der Waals surface area contributed by atoms with Crippen LogP contribution in [0.5, 0.6) is 0 Å². The first kappa shape index (κ1) is 18.2. The van der Waals surface area contributed by atoms with E-state index in [2.05, 4.69) is 9.71 Å². The number of aryl methyl sites for hydroxylation is 1. The Morgan fingerprint density at radius 1 is 1.11 bits per heavy atom. The number of nitrogens with one attached hydrogen (secondary N) is 2. The lowest BCUT2D eigenvalue weighted by atomic mass is 9.96. The van der Waals surface area contributed by atoms with Crippen LogP contribution in [-0.2, 0) is 21.9 Å². The molecule has 0 unspecified atom stereocenters. The van der Waals surface area contributed by atoms with Gasteiger partial charge in [0, 0.05) is 29.1 Å². The van der Waals surface area contributed by atoms with Gasteiger partial charge in [0.1, 0.15) is 5.82 Å². The van der Waals surface area contributed by atoms with E-state index in [1.54, 1.807) is 6.07 Å². The van der Waals surface area contributed by atoms with Crippen molar-refractivity contribution in [2.24, 2.45) is 0 Å². The summed E-state index contributed by atoms with van der Waals surface area (Å²) < 4.78 is 41.0. The number of rotatable bonds is 8. The van der Waals surface area contributed by atoms with Crippen LogP contribution >= 0.6 is 0 Å². The molecule has 0 amide bonds. The molecule has 1 aliphatic rings. The molecule has 0 radical (unpaired) electrons. The number of benzene rings is 2. The Kier molecular flexibility index (Phi) is 4.78. The molecule has 1 aliphatic carbocycles. The van der Waals surface area contributed by atoms with Crippen LogP contribution in [0.3, 0.4) is 0 Å². The third-order valence-corrected chi connectivity index (χ3v) is 6.83. The molecule has 0 saturated heterocycles. The third-order valence-electron chi connectivity index (χ3n) is 5.42. The van der Waals surface area contributed by atoms with Crippen LogP contribution in [0.25, 0.3) is 10.9 Å². The zero-order valence-corrected chi connectivity index (χ0v) is 15.9. The molecule has 1 fully saturated rings. The van der Waals surface area contributed by atoms with Crippen molar-refractivity contribution in [2.75, 3.05) is 12.3 Å². The lowest BCUT2D eigenvalue weighted by molar-refractivity contribution is 0.565. The normalized spacial score (nSPS) is 15.9. The van der Waals surface area contributed by atoms with Crippen molar-refractivity contribution >= 4 is 20.9 Å². The van der Waals surface area contributed by atoms with E-state index in [0.717, 1.165) is 41.3 Å². The Hall–Kier alpha value is -2.18. The van der Waals surface area contributed by atoms with Crippen LogP contribution in [0.2, 0.25) is 0 Å². The Labute approximate surface area is 158 Å². The van der Waals surface area contributed by atoms with Crippen LogP contribution in [0, 0.1) is 5.82 Å². The van der Waals surface area contributed by atoms with Crippen LogP contribution in [-0.4, -0.2) is 25.7 Å². The van der Waals surface area contributed by atoms with Gasteiger partial charge < -0.3 is 4.98 Å². The van der Waals surface area contributed by atoms with Gasteiger partial charge in [-0.05, 0) is 55.0 Å². The molecule has 2 aromatic carbocycles. The highest BCUT2D eigenvalue weighted by Crippen LogP contribution is 2.50. The van der Waals surface area contributed by atoms with Crippen molar-refractivity contribution in [3.8, 4) is 0 Å². The van der Waals surface area contributed by atoms with Gasteiger partial charge in [0.15, 0.2) is 0 Å². The average Bonchev–Trinajstić information content (AvgIpc) is 3.33. The third kappa shape index (κ3) is 4.06. The fraction of sp³-hybridized carbons (Fsp3) is 0.333. The molecule has 0 aliphatic heterocycles. The minimum absolute atomic E-state index is 0.122. The maximum Gasteiger partial charge on any atom is 0.211 e. The number of sulfonamides is 1. The monoisotopic (exact) mass is 386 g/mol. The highest BCUT2D eigenvalue weighted by Gasteiger charge is 2.46. The fourth-order valence-electron chi connectivity index (χ4n) is 3.66. The van der Waals surface area contributed by atoms with Gasteiger partial charge in [0.05, 0.1) is 5.75 Å². The second-order valence-corrected chi connectivity index (χ2v) is 9.33. The second-order valence-electron chi connectivity index (χ2n) is 7.40. The quantitative estimate of drug-likeness (QED) is 0.617. The predicted octanol–water partition coefficient (Wildman–Crippen LogP) is 3.89. The highest BCUT2D eigenvalue weighted by molar-refractivity contribution is 7.89. The largest absolute Gasteiger partial charge is 0.361 e. The van der Waals surface area contributed by atoms with E-state index in [-0.39, 0.29) is 17.0 Å². The number of aromatic nitrogens is 1. The standard InChI is InChI=1S/C21H23FN2O2S/c22-17-8-9-18-19(14-23-20(18)13-17)21(10-11-21)15-24-27(25,26)12-4-7-16-5-2-1-3-6-16/h1-3,5-6,8-9,13-14,23-24H,4,7,10-12,15H2. The van der Waals surface area contributed by atoms with Gasteiger partial charge >= 0.3 is 0 Å². The first-order valence-corrected chi connectivity index (χ1v) is 10.9. The molecule has 3 aromatic rings.